The van der Waals surface area contributed by atoms with Crippen molar-refractivity contribution in [1.82, 2.24) is 4.90 Å². The lowest BCUT2D eigenvalue weighted by Crippen LogP contribution is -2.40. The number of urea groups is 1. The number of nitrogens with zero attached hydrogens (tertiary/aromatic N) is 1. The third kappa shape index (κ3) is 6.19. The molecule has 0 saturated carbocycles. The first-order chi connectivity index (χ1) is 13.1. The summed E-state index contributed by atoms with van der Waals surface area (Å²) in [6.45, 7) is 4.48. The molecule has 2 fully saturated rings. The van der Waals surface area contributed by atoms with Gasteiger partial charge in [0, 0.05) is 24.9 Å². The van der Waals surface area contributed by atoms with Crippen molar-refractivity contribution < 1.29 is 19.4 Å². The molecule has 6 heteroatoms. The van der Waals surface area contributed by atoms with Crippen molar-refractivity contribution in [3.63, 3.8) is 0 Å². The summed E-state index contributed by atoms with van der Waals surface area (Å²) in [5.41, 5.74) is 1.81. The predicted octanol–water partition coefficient (Wildman–Crippen LogP) is 3.54. The number of rotatable bonds is 7. The monoisotopic (exact) mass is 376 g/mol. The Kier molecular flexibility index (Phi) is 7.50. The zero-order valence-electron chi connectivity index (χ0n) is 16.2. The first kappa shape index (κ1) is 20.1. The topological polar surface area (TPSA) is 71.0 Å². The minimum atomic E-state index is -0.392. The molecular weight excluding hydrogens is 344 g/mol. The van der Waals surface area contributed by atoms with Gasteiger partial charge in [0.05, 0.1) is 25.4 Å². The van der Waals surface area contributed by atoms with E-state index in [1.54, 1.807) is 6.92 Å². The number of ether oxygens (including phenoxy) is 2. The lowest BCUT2D eigenvalue weighted by atomic mass is 10.1. The van der Waals surface area contributed by atoms with Crippen LogP contribution in [0, 0.1) is 0 Å². The highest BCUT2D eigenvalue weighted by atomic mass is 16.5. The molecule has 27 heavy (non-hydrogen) atoms. The van der Waals surface area contributed by atoms with Crippen LogP contribution in [0.15, 0.2) is 24.3 Å². The number of hydrogen-bond donors (Lipinski definition) is 2. The lowest BCUT2D eigenvalue weighted by molar-refractivity contribution is -0.0447. The number of carbonyl (C=O) groups excluding carboxylic acids is 1. The number of likely N-dealkylation sites (tertiary alicyclic amines) is 1. The van der Waals surface area contributed by atoms with Crippen molar-refractivity contribution in [2.75, 3.05) is 25.1 Å². The summed E-state index contributed by atoms with van der Waals surface area (Å²) in [7, 11) is 0. The summed E-state index contributed by atoms with van der Waals surface area (Å²) >= 11 is 0. The molecule has 0 spiro atoms. The molecule has 2 saturated heterocycles. The van der Waals surface area contributed by atoms with Crippen molar-refractivity contribution in [1.29, 1.82) is 0 Å². The average molecular weight is 376 g/mol. The van der Waals surface area contributed by atoms with E-state index in [-0.39, 0.29) is 18.2 Å². The molecule has 6 nitrogen and oxygen atoms in total. The van der Waals surface area contributed by atoms with Gasteiger partial charge in [-0.05, 0) is 63.1 Å². The maximum absolute atomic E-state index is 12.6. The second kappa shape index (κ2) is 10.1. The second-order valence-electron chi connectivity index (χ2n) is 7.71. The fourth-order valence-electron chi connectivity index (χ4n) is 3.92. The van der Waals surface area contributed by atoms with E-state index in [9.17, 15) is 9.90 Å². The van der Waals surface area contributed by atoms with Crippen LogP contribution in [0.1, 0.15) is 51.0 Å². The second-order valence-corrected chi connectivity index (χ2v) is 7.71. The van der Waals surface area contributed by atoms with Crippen LogP contribution < -0.4 is 5.32 Å². The fraction of sp³-hybridized carbons (Fsp3) is 0.667. The molecule has 2 heterocycles. The molecule has 2 amide bonds. The maximum atomic E-state index is 12.6. The van der Waals surface area contributed by atoms with Crippen LogP contribution >= 0.6 is 0 Å². The number of aliphatic hydroxyl groups is 1. The van der Waals surface area contributed by atoms with Crippen LogP contribution in [0.4, 0.5) is 10.5 Å². The minimum Gasteiger partial charge on any atom is -0.393 e. The first-order valence-corrected chi connectivity index (χ1v) is 10.2. The number of anilines is 1. The highest BCUT2D eigenvalue weighted by molar-refractivity contribution is 5.89. The first-order valence-electron chi connectivity index (χ1n) is 10.2. The van der Waals surface area contributed by atoms with Crippen LogP contribution in [0.5, 0.6) is 0 Å². The Morgan fingerprint density at radius 2 is 2.26 bits per heavy atom. The highest BCUT2D eigenvalue weighted by Gasteiger charge is 2.29. The van der Waals surface area contributed by atoms with Gasteiger partial charge in [0.25, 0.3) is 0 Å². The number of hydrogen-bond acceptors (Lipinski definition) is 4. The molecular formula is C21H32N2O4. The van der Waals surface area contributed by atoms with Gasteiger partial charge in [-0.1, -0.05) is 12.1 Å². The van der Waals surface area contributed by atoms with Crippen molar-refractivity contribution in [3.05, 3.63) is 29.8 Å². The van der Waals surface area contributed by atoms with E-state index in [0.717, 1.165) is 50.1 Å². The van der Waals surface area contributed by atoms with E-state index in [1.807, 2.05) is 29.2 Å². The SMILES string of the molecule is C[C@H](O)C[C@@H]1CCCN1C(=O)Nc1cccc(COC[C@@H]2CCCCO2)c1. The van der Waals surface area contributed by atoms with Gasteiger partial charge in [0.2, 0.25) is 0 Å². The third-order valence-electron chi connectivity index (χ3n) is 5.28. The molecule has 2 aliphatic heterocycles. The predicted molar refractivity (Wildman–Crippen MR) is 105 cm³/mol. The van der Waals surface area contributed by atoms with Crippen molar-refractivity contribution >= 4 is 11.7 Å². The molecule has 3 atom stereocenters. The minimum absolute atomic E-state index is 0.0909. The molecule has 2 aliphatic rings. The van der Waals surface area contributed by atoms with Gasteiger partial charge >= 0.3 is 6.03 Å². The molecule has 0 radical (unpaired) electrons. The van der Waals surface area contributed by atoms with Crippen LogP contribution in [0.25, 0.3) is 0 Å². The van der Waals surface area contributed by atoms with Crippen LogP contribution in [0.2, 0.25) is 0 Å². The van der Waals surface area contributed by atoms with E-state index in [0.29, 0.717) is 19.6 Å². The van der Waals surface area contributed by atoms with Gasteiger partial charge in [0.15, 0.2) is 0 Å². The number of benzene rings is 1. The Morgan fingerprint density at radius 1 is 1.37 bits per heavy atom. The molecule has 1 aromatic rings. The fourth-order valence-corrected chi connectivity index (χ4v) is 3.92. The van der Waals surface area contributed by atoms with Crippen LogP contribution in [-0.2, 0) is 16.1 Å². The van der Waals surface area contributed by atoms with Crippen LogP contribution in [0.3, 0.4) is 0 Å². The summed E-state index contributed by atoms with van der Waals surface area (Å²) < 4.78 is 11.5. The Hall–Kier alpha value is -1.63. The van der Waals surface area contributed by atoms with Gasteiger partial charge in [0.1, 0.15) is 0 Å². The van der Waals surface area contributed by atoms with E-state index in [1.165, 1.54) is 6.42 Å². The number of aliphatic hydroxyl groups excluding tert-OH is 1. The molecule has 0 unspecified atom stereocenters. The zero-order valence-corrected chi connectivity index (χ0v) is 16.2. The molecule has 2 N–H and O–H groups in total. The smallest absolute Gasteiger partial charge is 0.322 e. The largest absolute Gasteiger partial charge is 0.393 e. The standard InChI is InChI=1S/C21H32N2O4/c1-16(24)12-19-8-5-10-23(19)21(25)22-18-7-4-6-17(13-18)14-26-15-20-9-2-3-11-27-20/h4,6-7,13,16,19-20,24H,2-3,5,8-12,14-15H2,1H3,(H,22,25)/t16-,19-,20-/m0/s1. The van der Waals surface area contributed by atoms with Gasteiger partial charge in [-0.25, -0.2) is 4.79 Å². The van der Waals surface area contributed by atoms with E-state index >= 15 is 0 Å². The normalized spacial score (nSPS) is 24.0. The summed E-state index contributed by atoms with van der Waals surface area (Å²) in [6.07, 6.45) is 5.82. The Labute approximate surface area is 161 Å². The summed E-state index contributed by atoms with van der Waals surface area (Å²) in [6, 6.07) is 7.82. The van der Waals surface area contributed by atoms with Gasteiger partial charge in [-0.15, -0.1) is 0 Å². The van der Waals surface area contributed by atoms with Gasteiger partial charge in [-0.3, -0.25) is 0 Å². The van der Waals surface area contributed by atoms with Gasteiger partial charge in [-0.2, -0.15) is 0 Å². The Bertz CT molecular complexity index is 602. The van der Waals surface area contributed by atoms with E-state index in [4.69, 9.17) is 9.47 Å². The highest BCUT2D eigenvalue weighted by Crippen LogP contribution is 2.23. The molecule has 1 aromatic carbocycles. The molecule has 3 rings (SSSR count). The average Bonchev–Trinajstić information content (AvgIpc) is 3.10. The lowest BCUT2D eigenvalue weighted by Gasteiger charge is -2.26. The Balaban J connectivity index is 1.48. The van der Waals surface area contributed by atoms with Crippen LogP contribution in [-0.4, -0.2) is 54.0 Å². The van der Waals surface area contributed by atoms with Crippen molar-refractivity contribution in [2.45, 2.75) is 70.3 Å². The number of nitrogens with one attached hydrogen (secondary N) is 1. The number of amides is 2. The molecule has 0 aliphatic carbocycles. The number of carbonyl (C=O) groups is 1. The van der Waals surface area contributed by atoms with Gasteiger partial charge < -0.3 is 24.8 Å². The quantitative estimate of drug-likeness (QED) is 0.764. The Morgan fingerprint density at radius 3 is 3.04 bits per heavy atom. The third-order valence-corrected chi connectivity index (χ3v) is 5.28. The molecule has 150 valence electrons. The zero-order chi connectivity index (χ0) is 19.1. The summed E-state index contributed by atoms with van der Waals surface area (Å²) in [5.74, 6) is 0. The van der Waals surface area contributed by atoms with Crippen molar-refractivity contribution in [3.8, 4) is 0 Å². The van der Waals surface area contributed by atoms with E-state index in [2.05, 4.69) is 5.32 Å². The molecule has 0 bridgehead atoms. The van der Waals surface area contributed by atoms with Crippen molar-refractivity contribution in [2.24, 2.45) is 0 Å². The summed E-state index contributed by atoms with van der Waals surface area (Å²) in [5, 5.41) is 12.6. The van der Waals surface area contributed by atoms with E-state index < -0.39 is 6.10 Å². The summed E-state index contributed by atoms with van der Waals surface area (Å²) in [4.78, 5) is 14.5. The molecule has 0 aromatic heterocycles. The maximum Gasteiger partial charge on any atom is 0.322 e.